The Hall–Kier alpha value is -3.02. The van der Waals surface area contributed by atoms with Gasteiger partial charge in [-0.15, -0.1) is 0 Å². The third-order valence-electron chi connectivity index (χ3n) is 6.82. The zero-order valence-corrected chi connectivity index (χ0v) is 21.9. The molecule has 1 aliphatic rings. The summed E-state index contributed by atoms with van der Waals surface area (Å²) in [6, 6.07) is 15.1. The van der Waals surface area contributed by atoms with E-state index in [-0.39, 0.29) is 17.2 Å². The van der Waals surface area contributed by atoms with E-state index in [0.29, 0.717) is 48.9 Å². The van der Waals surface area contributed by atoms with Gasteiger partial charge in [-0.3, -0.25) is 9.59 Å². The highest BCUT2D eigenvalue weighted by molar-refractivity contribution is 5.95. The van der Waals surface area contributed by atoms with Gasteiger partial charge < -0.3 is 20.1 Å². The molecule has 36 heavy (non-hydrogen) atoms. The second-order valence-electron chi connectivity index (χ2n) is 9.91. The van der Waals surface area contributed by atoms with Gasteiger partial charge in [0, 0.05) is 12.8 Å². The number of rotatable bonds is 14. The summed E-state index contributed by atoms with van der Waals surface area (Å²) in [7, 11) is 0. The second-order valence-corrected chi connectivity index (χ2v) is 9.91. The molecule has 2 aromatic carbocycles. The van der Waals surface area contributed by atoms with Crippen molar-refractivity contribution in [3.05, 3.63) is 48.5 Å². The first-order valence-electron chi connectivity index (χ1n) is 13.6. The lowest BCUT2D eigenvalue weighted by atomic mass is 9.69. The summed E-state index contributed by atoms with van der Waals surface area (Å²) < 4.78 is 11.8. The van der Waals surface area contributed by atoms with Gasteiger partial charge in [0.05, 0.1) is 24.6 Å². The molecule has 0 spiro atoms. The molecule has 0 heterocycles. The van der Waals surface area contributed by atoms with Crippen molar-refractivity contribution in [1.82, 2.24) is 0 Å². The predicted molar refractivity (Wildman–Crippen MR) is 146 cm³/mol. The van der Waals surface area contributed by atoms with Crippen molar-refractivity contribution in [1.29, 1.82) is 0 Å². The Morgan fingerprint density at radius 1 is 0.722 bits per heavy atom. The molecule has 2 N–H and O–H groups in total. The first kappa shape index (κ1) is 27.6. The molecule has 6 heteroatoms. The fourth-order valence-corrected chi connectivity index (χ4v) is 4.83. The lowest BCUT2D eigenvalue weighted by molar-refractivity contribution is -0.122. The van der Waals surface area contributed by atoms with Gasteiger partial charge in [-0.2, -0.15) is 0 Å². The van der Waals surface area contributed by atoms with Gasteiger partial charge in [-0.25, -0.2) is 0 Å². The summed E-state index contributed by atoms with van der Waals surface area (Å²) in [5, 5.41) is 6.11. The van der Waals surface area contributed by atoms with Crippen LogP contribution >= 0.6 is 0 Å². The smallest absolute Gasteiger partial charge is 0.225 e. The number of unbranched alkanes of at least 4 members (excludes halogenated alkanes) is 2. The van der Waals surface area contributed by atoms with Gasteiger partial charge in [0.15, 0.2) is 0 Å². The largest absolute Gasteiger partial charge is 0.491 e. The molecule has 2 amide bonds. The van der Waals surface area contributed by atoms with Crippen molar-refractivity contribution in [3.63, 3.8) is 0 Å². The minimum Gasteiger partial charge on any atom is -0.491 e. The van der Waals surface area contributed by atoms with Crippen molar-refractivity contribution < 1.29 is 19.1 Å². The van der Waals surface area contributed by atoms with Crippen LogP contribution in [0.5, 0.6) is 11.5 Å². The normalized spacial score (nSPS) is 14.6. The Morgan fingerprint density at radius 2 is 1.17 bits per heavy atom. The number of para-hydroxylation sites is 4. The first-order valence-corrected chi connectivity index (χ1v) is 13.6. The maximum absolute atomic E-state index is 13.2. The zero-order valence-electron chi connectivity index (χ0n) is 21.9. The number of amides is 2. The molecule has 1 aliphatic carbocycles. The van der Waals surface area contributed by atoms with Crippen LogP contribution in [0.3, 0.4) is 0 Å². The van der Waals surface area contributed by atoms with Gasteiger partial charge in [0.2, 0.25) is 11.8 Å². The molecular formula is C30H42N2O4. The van der Waals surface area contributed by atoms with E-state index in [0.717, 1.165) is 57.8 Å². The summed E-state index contributed by atoms with van der Waals surface area (Å²) in [4.78, 5) is 26.4. The number of benzene rings is 2. The van der Waals surface area contributed by atoms with Crippen molar-refractivity contribution in [2.75, 3.05) is 23.8 Å². The molecule has 0 radical (unpaired) electrons. The molecule has 6 nitrogen and oxygen atoms in total. The molecule has 196 valence electrons. The predicted octanol–water partition coefficient (Wildman–Crippen LogP) is 7.35. The van der Waals surface area contributed by atoms with E-state index in [1.165, 1.54) is 0 Å². The van der Waals surface area contributed by atoms with Crippen LogP contribution in [0, 0.1) is 5.41 Å². The third kappa shape index (κ3) is 8.58. The van der Waals surface area contributed by atoms with Crippen LogP contribution in [-0.4, -0.2) is 25.0 Å². The maximum Gasteiger partial charge on any atom is 0.225 e. The van der Waals surface area contributed by atoms with Gasteiger partial charge in [0.1, 0.15) is 11.5 Å². The van der Waals surface area contributed by atoms with Gasteiger partial charge in [-0.1, -0.05) is 70.2 Å². The monoisotopic (exact) mass is 494 g/mol. The van der Waals surface area contributed by atoms with Crippen LogP contribution in [0.15, 0.2) is 48.5 Å². The van der Waals surface area contributed by atoms with E-state index >= 15 is 0 Å². The Labute approximate surface area is 216 Å². The maximum atomic E-state index is 13.2. The highest BCUT2D eigenvalue weighted by Crippen LogP contribution is 2.43. The molecule has 0 bridgehead atoms. The van der Waals surface area contributed by atoms with Gasteiger partial charge >= 0.3 is 0 Å². The van der Waals surface area contributed by atoms with Crippen LogP contribution in [0.4, 0.5) is 11.4 Å². The van der Waals surface area contributed by atoms with Crippen LogP contribution < -0.4 is 20.1 Å². The highest BCUT2D eigenvalue weighted by atomic mass is 16.5. The Bertz CT molecular complexity index is 897. The molecule has 0 saturated heterocycles. The van der Waals surface area contributed by atoms with Crippen molar-refractivity contribution in [3.8, 4) is 11.5 Å². The molecule has 0 atom stereocenters. The number of ether oxygens (including phenoxy) is 2. The number of nitrogens with one attached hydrogen (secondary N) is 2. The first-order chi connectivity index (χ1) is 17.5. The molecule has 1 saturated carbocycles. The van der Waals surface area contributed by atoms with Crippen molar-refractivity contribution in [2.24, 2.45) is 5.41 Å². The average Bonchev–Trinajstić information content (AvgIpc) is 2.86. The second kappa shape index (κ2) is 14.5. The van der Waals surface area contributed by atoms with Gasteiger partial charge in [0.25, 0.3) is 0 Å². The van der Waals surface area contributed by atoms with E-state index in [1.807, 2.05) is 48.5 Å². The van der Waals surface area contributed by atoms with E-state index in [4.69, 9.17) is 9.47 Å². The molecule has 0 unspecified atom stereocenters. The molecule has 3 rings (SSSR count). The van der Waals surface area contributed by atoms with E-state index < -0.39 is 0 Å². The van der Waals surface area contributed by atoms with Gasteiger partial charge in [-0.05, 0) is 55.4 Å². The Kier molecular flexibility index (Phi) is 11.1. The topological polar surface area (TPSA) is 76.7 Å². The fraction of sp³-hybridized carbons (Fsp3) is 0.533. The lowest BCUT2D eigenvalue weighted by Crippen LogP contribution is -2.34. The van der Waals surface area contributed by atoms with Crippen LogP contribution in [0.25, 0.3) is 0 Å². The highest BCUT2D eigenvalue weighted by Gasteiger charge is 2.36. The molecule has 0 aromatic heterocycles. The lowest BCUT2D eigenvalue weighted by Gasteiger charge is -2.36. The Morgan fingerprint density at radius 3 is 1.61 bits per heavy atom. The number of carbonyl (C=O) groups is 2. The van der Waals surface area contributed by atoms with Crippen LogP contribution in [0.2, 0.25) is 0 Å². The number of hydrogen-bond donors (Lipinski definition) is 2. The number of anilines is 2. The van der Waals surface area contributed by atoms with Crippen LogP contribution in [0.1, 0.15) is 84.5 Å². The summed E-state index contributed by atoms with van der Waals surface area (Å²) in [6.07, 6.45) is 9.63. The SMILES string of the molecule is CCCCOc1ccccc1NC(=O)CC1(CC(=O)Nc2ccccc2OCCCC)CCCCC1. The molecule has 0 aliphatic heterocycles. The minimum absolute atomic E-state index is 0.0699. The summed E-state index contributed by atoms with van der Waals surface area (Å²) in [5.74, 6) is 1.24. The number of carbonyl (C=O) groups excluding carboxylic acids is 2. The number of hydrogen-bond acceptors (Lipinski definition) is 4. The zero-order chi connectivity index (χ0) is 25.6. The summed E-state index contributed by atoms with van der Waals surface area (Å²) >= 11 is 0. The van der Waals surface area contributed by atoms with E-state index in [2.05, 4.69) is 24.5 Å². The fourth-order valence-electron chi connectivity index (χ4n) is 4.83. The molecular weight excluding hydrogens is 452 g/mol. The average molecular weight is 495 g/mol. The Balaban J connectivity index is 1.65. The molecule has 1 fully saturated rings. The van der Waals surface area contributed by atoms with E-state index in [9.17, 15) is 9.59 Å². The third-order valence-corrected chi connectivity index (χ3v) is 6.82. The molecule has 2 aromatic rings. The summed E-state index contributed by atoms with van der Waals surface area (Å²) in [5.41, 5.74) is 1.03. The van der Waals surface area contributed by atoms with Crippen LogP contribution in [-0.2, 0) is 9.59 Å². The van der Waals surface area contributed by atoms with E-state index in [1.54, 1.807) is 0 Å². The standard InChI is InChI=1S/C30H42N2O4/c1-3-5-20-35-26-16-10-8-14-24(26)31-28(33)22-30(18-12-7-13-19-30)23-29(34)32-25-15-9-11-17-27(25)36-21-6-4-2/h8-11,14-17H,3-7,12-13,18-23H2,1-2H3,(H,31,33)(H,32,34). The van der Waals surface area contributed by atoms with Crippen molar-refractivity contribution >= 4 is 23.2 Å². The van der Waals surface area contributed by atoms with Crippen molar-refractivity contribution in [2.45, 2.75) is 84.5 Å². The summed E-state index contributed by atoms with van der Waals surface area (Å²) in [6.45, 7) is 5.48. The quantitative estimate of drug-likeness (QED) is 0.269. The minimum atomic E-state index is -0.345.